The van der Waals surface area contributed by atoms with Gasteiger partial charge in [0, 0.05) is 18.6 Å². The van der Waals surface area contributed by atoms with Crippen LogP contribution in [0.4, 0.5) is 0 Å². The smallest absolute Gasteiger partial charge is 0.191 e. The van der Waals surface area contributed by atoms with Crippen LogP contribution in [-0.2, 0) is 0 Å². The Hall–Kier alpha value is -0.980. The first-order chi connectivity index (χ1) is 10.0. The maximum Gasteiger partial charge on any atom is 0.191 e. The molecule has 0 aromatic heterocycles. The molecule has 0 heterocycles. The van der Waals surface area contributed by atoms with E-state index in [2.05, 4.69) is 43.3 Å². The summed E-state index contributed by atoms with van der Waals surface area (Å²) in [6.45, 7) is 10.9. The van der Waals surface area contributed by atoms with Crippen LogP contribution in [0.3, 0.4) is 0 Å². The number of rotatable bonds is 7. The average molecular weight is 419 g/mol. The van der Waals surface area contributed by atoms with Crippen molar-refractivity contribution in [3.05, 3.63) is 30.3 Å². The topological polar surface area (TPSA) is 45.7 Å². The molecule has 0 spiro atoms. The first kappa shape index (κ1) is 21.0. The van der Waals surface area contributed by atoms with Crippen LogP contribution in [0.15, 0.2) is 35.3 Å². The Morgan fingerprint density at radius 1 is 1.14 bits per heavy atom. The zero-order valence-corrected chi connectivity index (χ0v) is 16.5. The highest BCUT2D eigenvalue weighted by Crippen LogP contribution is 2.08. The maximum absolute atomic E-state index is 5.66. The molecule has 4 nitrogen and oxygen atoms in total. The number of guanidine groups is 1. The van der Waals surface area contributed by atoms with Gasteiger partial charge < -0.3 is 15.4 Å². The van der Waals surface area contributed by atoms with Crippen LogP contribution >= 0.6 is 24.0 Å². The number of hydrogen-bond donors (Lipinski definition) is 2. The van der Waals surface area contributed by atoms with Gasteiger partial charge in [0.15, 0.2) is 5.96 Å². The number of hydrogen-bond acceptors (Lipinski definition) is 2. The Bertz CT molecular complexity index is 416. The van der Waals surface area contributed by atoms with Crippen molar-refractivity contribution in [3.8, 4) is 5.75 Å². The molecule has 22 heavy (non-hydrogen) atoms. The molecule has 0 aliphatic heterocycles. The largest absolute Gasteiger partial charge is 0.494 e. The fourth-order valence-corrected chi connectivity index (χ4v) is 1.77. The molecule has 1 aromatic rings. The number of nitrogens with one attached hydrogen (secondary N) is 2. The second kappa shape index (κ2) is 11.6. The average Bonchev–Trinajstić information content (AvgIpc) is 2.42. The highest BCUT2D eigenvalue weighted by atomic mass is 127. The summed E-state index contributed by atoms with van der Waals surface area (Å²) in [4.78, 5) is 4.58. The SMILES string of the molecule is CCNC(=NCCCCOc1ccccc1)NC(C)(C)C.I. The standard InChI is InChI=1S/C17H29N3O.HI/c1-5-18-16(20-17(2,3)4)19-13-9-10-14-21-15-11-7-6-8-12-15;/h6-8,11-12H,5,9-10,13-14H2,1-4H3,(H2,18,19,20);1H. The molecule has 5 heteroatoms. The van der Waals surface area contributed by atoms with Crippen LogP contribution in [0, 0.1) is 0 Å². The predicted octanol–water partition coefficient (Wildman–Crippen LogP) is 3.82. The van der Waals surface area contributed by atoms with E-state index in [4.69, 9.17) is 4.74 Å². The molecular weight excluding hydrogens is 389 g/mol. The molecule has 0 unspecified atom stereocenters. The number of nitrogens with zero attached hydrogens (tertiary/aromatic N) is 1. The van der Waals surface area contributed by atoms with Gasteiger partial charge in [-0.3, -0.25) is 4.99 Å². The van der Waals surface area contributed by atoms with E-state index >= 15 is 0 Å². The molecule has 0 saturated carbocycles. The maximum atomic E-state index is 5.66. The molecule has 2 N–H and O–H groups in total. The van der Waals surface area contributed by atoms with E-state index in [0.717, 1.165) is 44.2 Å². The molecular formula is C17H30IN3O. The minimum atomic E-state index is 0. The third-order valence-corrected chi connectivity index (χ3v) is 2.67. The van der Waals surface area contributed by atoms with Crippen molar-refractivity contribution in [2.45, 2.75) is 46.1 Å². The lowest BCUT2D eigenvalue weighted by atomic mass is 10.1. The van der Waals surface area contributed by atoms with Crippen LogP contribution in [0.25, 0.3) is 0 Å². The van der Waals surface area contributed by atoms with Crippen molar-refractivity contribution in [2.75, 3.05) is 19.7 Å². The lowest BCUT2D eigenvalue weighted by molar-refractivity contribution is 0.308. The zero-order valence-electron chi connectivity index (χ0n) is 14.2. The monoisotopic (exact) mass is 419 g/mol. The van der Waals surface area contributed by atoms with Crippen molar-refractivity contribution in [1.82, 2.24) is 10.6 Å². The van der Waals surface area contributed by atoms with Crippen molar-refractivity contribution in [2.24, 2.45) is 4.99 Å². The second-order valence-corrected chi connectivity index (χ2v) is 6.00. The lowest BCUT2D eigenvalue weighted by Gasteiger charge is -2.23. The number of benzene rings is 1. The van der Waals surface area contributed by atoms with Gasteiger partial charge in [-0.05, 0) is 52.7 Å². The van der Waals surface area contributed by atoms with Gasteiger partial charge in [-0.25, -0.2) is 0 Å². The van der Waals surface area contributed by atoms with Crippen molar-refractivity contribution < 1.29 is 4.74 Å². The summed E-state index contributed by atoms with van der Waals surface area (Å²) < 4.78 is 5.66. The molecule has 1 aromatic carbocycles. The number of ether oxygens (including phenoxy) is 1. The number of aliphatic imine (C=N–C) groups is 1. The predicted molar refractivity (Wildman–Crippen MR) is 105 cm³/mol. The molecule has 0 saturated heterocycles. The molecule has 0 amide bonds. The van der Waals surface area contributed by atoms with Crippen molar-refractivity contribution >= 4 is 29.9 Å². The molecule has 0 bridgehead atoms. The van der Waals surface area contributed by atoms with Crippen LogP contribution < -0.4 is 15.4 Å². The van der Waals surface area contributed by atoms with Gasteiger partial charge in [0.1, 0.15) is 5.75 Å². The summed E-state index contributed by atoms with van der Waals surface area (Å²) >= 11 is 0. The fraction of sp³-hybridized carbons (Fsp3) is 0.588. The van der Waals surface area contributed by atoms with Crippen LogP contribution in [-0.4, -0.2) is 31.2 Å². The van der Waals surface area contributed by atoms with E-state index in [1.54, 1.807) is 0 Å². The van der Waals surface area contributed by atoms with Gasteiger partial charge in [0.05, 0.1) is 6.61 Å². The third kappa shape index (κ3) is 10.7. The summed E-state index contributed by atoms with van der Waals surface area (Å²) in [5.41, 5.74) is 0.0252. The lowest BCUT2D eigenvalue weighted by Crippen LogP contribution is -2.47. The Labute approximate surface area is 152 Å². The molecule has 1 rings (SSSR count). The quantitative estimate of drug-likeness (QED) is 0.306. The highest BCUT2D eigenvalue weighted by molar-refractivity contribution is 14.0. The summed E-state index contributed by atoms with van der Waals surface area (Å²) in [5, 5.41) is 6.65. The van der Waals surface area contributed by atoms with Crippen molar-refractivity contribution in [1.29, 1.82) is 0 Å². The Balaban J connectivity index is 0.00000441. The molecule has 0 fully saturated rings. The van der Waals surface area contributed by atoms with E-state index in [9.17, 15) is 0 Å². The highest BCUT2D eigenvalue weighted by Gasteiger charge is 2.11. The van der Waals surface area contributed by atoms with E-state index in [0.29, 0.717) is 0 Å². The third-order valence-electron chi connectivity index (χ3n) is 2.67. The summed E-state index contributed by atoms with van der Waals surface area (Å²) in [7, 11) is 0. The molecule has 0 radical (unpaired) electrons. The van der Waals surface area contributed by atoms with Gasteiger partial charge in [-0.2, -0.15) is 0 Å². The van der Waals surface area contributed by atoms with E-state index in [1.165, 1.54) is 0 Å². The molecule has 0 aliphatic carbocycles. The normalized spacial score (nSPS) is 11.5. The summed E-state index contributed by atoms with van der Waals surface area (Å²) in [5.74, 6) is 1.82. The minimum absolute atomic E-state index is 0. The van der Waals surface area contributed by atoms with Crippen molar-refractivity contribution in [3.63, 3.8) is 0 Å². The number of halogens is 1. The summed E-state index contributed by atoms with van der Waals surface area (Å²) in [6.07, 6.45) is 2.03. The first-order valence-electron chi connectivity index (χ1n) is 7.75. The number of unbranched alkanes of at least 4 members (excludes halogenated alkanes) is 1. The number of para-hydroxylation sites is 1. The Kier molecular flexibility index (Phi) is 11.1. The Morgan fingerprint density at radius 3 is 2.41 bits per heavy atom. The first-order valence-corrected chi connectivity index (χ1v) is 7.75. The molecule has 126 valence electrons. The van der Waals surface area contributed by atoms with Crippen LogP contribution in [0.2, 0.25) is 0 Å². The minimum Gasteiger partial charge on any atom is -0.494 e. The fourth-order valence-electron chi connectivity index (χ4n) is 1.77. The van der Waals surface area contributed by atoms with E-state index in [1.807, 2.05) is 30.3 Å². The van der Waals surface area contributed by atoms with Gasteiger partial charge in [-0.1, -0.05) is 18.2 Å². The van der Waals surface area contributed by atoms with Gasteiger partial charge >= 0.3 is 0 Å². The molecule has 0 aliphatic rings. The zero-order chi connectivity index (χ0) is 15.6. The second-order valence-electron chi connectivity index (χ2n) is 6.00. The van der Waals surface area contributed by atoms with Gasteiger partial charge in [0.25, 0.3) is 0 Å². The van der Waals surface area contributed by atoms with Gasteiger partial charge in [-0.15, -0.1) is 24.0 Å². The van der Waals surface area contributed by atoms with Gasteiger partial charge in [0.2, 0.25) is 0 Å². The van der Waals surface area contributed by atoms with Crippen LogP contribution in [0.1, 0.15) is 40.5 Å². The Morgan fingerprint density at radius 2 is 1.82 bits per heavy atom. The van der Waals surface area contributed by atoms with E-state index in [-0.39, 0.29) is 29.5 Å². The summed E-state index contributed by atoms with van der Waals surface area (Å²) in [6, 6.07) is 9.93. The van der Waals surface area contributed by atoms with E-state index < -0.39 is 0 Å². The van der Waals surface area contributed by atoms with Crippen LogP contribution in [0.5, 0.6) is 5.75 Å². The molecule has 0 atom stereocenters.